The van der Waals surface area contributed by atoms with Crippen LogP contribution in [-0.4, -0.2) is 81.3 Å². The van der Waals surface area contributed by atoms with Crippen LogP contribution in [0.5, 0.6) is 0 Å². The Morgan fingerprint density at radius 1 is 1.08 bits per heavy atom. The number of nitrogens with zero attached hydrogens (tertiary/aromatic N) is 3. The Morgan fingerprint density at radius 3 is 2.58 bits per heavy atom. The zero-order valence-corrected chi connectivity index (χ0v) is 19.3. The minimum absolute atomic E-state index is 0.0810. The van der Waals surface area contributed by atoms with Gasteiger partial charge in [-0.05, 0) is 29.7 Å². The molecule has 0 saturated carbocycles. The van der Waals surface area contributed by atoms with Crippen molar-refractivity contribution >= 4 is 46.8 Å². The van der Waals surface area contributed by atoms with Crippen molar-refractivity contribution in [2.45, 2.75) is 37.8 Å². The van der Waals surface area contributed by atoms with Crippen LogP contribution in [0.3, 0.4) is 0 Å². The number of benzene rings is 2. The summed E-state index contributed by atoms with van der Waals surface area (Å²) in [4.78, 5) is 74.6. The van der Waals surface area contributed by atoms with E-state index in [1.165, 1.54) is 5.01 Å². The van der Waals surface area contributed by atoms with Crippen molar-refractivity contribution < 1.29 is 33.9 Å². The van der Waals surface area contributed by atoms with E-state index in [1.807, 2.05) is 18.2 Å². The van der Waals surface area contributed by atoms with Gasteiger partial charge in [-0.1, -0.05) is 36.4 Å². The predicted octanol–water partition coefficient (Wildman–Crippen LogP) is 0.677. The first-order chi connectivity index (χ1) is 17.3. The van der Waals surface area contributed by atoms with E-state index in [4.69, 9.17) is 5.11 Å². The summed E-state index contributed by atoms with van der Waals surface area (Å²) >= 11 is 0. The third kappa shape index (κ3) is 4.97. The Morgan fingerprint density at radius 2 is 1.83 bits per heavy atom. The maximum atomic E-state index is 13.5. The second-order valence-electron chi connectivity index (χ2n) is 8.52. The zero-order valence-electron chi connectivity index (χ0n) is 19.3. The largest absolute Gasteiger partial charge is 0.481 e. The number of aliphatic carboxylic acids is 1. The molecule has 0 bridgehead atoms. The van der Waals surface area contributed by atoms with Crippen LogP contribution in [0, 0.1) is 0 Å². The lowest BCUT2D eigenvalue weighted by molar-refractivity contribution is -0.155. The van der Waals surface area contributed by atoms with Gasteiger partial charge in [0.1, 0.15) is 12.3 Å². The summed E-state index contributed by atoms with van der Waals surface area (Å²) in [6.07, 6.45) is 0.207. The molecule has 2 aliphatic heterocycles. The van der Waals surface area contributed by atoms with E-state index >= 15 is 0 Å². The van der Waals surface area contributed by atoms with E-state index < -0.39 is 48.2 Å². The molecule has 2 atom stereocenters. The van der Waals surface area contributed by atoms with Crippen molar-refractivity contribution in [2.24, 2.45) is 0 Å². The molecule has 2 fully saturated rings. The highest BCUT2D eigenvalue weighted by Crippen LogP contribution is 2.24. The Bertz CT molecular complexity index is 1230. The van der Waals surface area contributed by atoms with Crippen molar-refractivity contribution in [2.75, 3.05) is 13.1 Å². The normalized spacial score (nSPS) is 18.8. The zero-order chi connectivity index (χ0) is 25.8. The number of carboxylic acid groups (broad SMARTS) is 1. The first-order valence-corrected chi connectivity index (χ1v) is 11.5. The lowest BCUT2D eigenvalue weighted by Gasteiger charge is -2.42. The molecular weight excluding hydrogens is 470 g/mol. The summed E-state index contributed by atoms with van der Waals surface area (Å²) in [6.45, 7) is 0.0944. The number of urea groups is 1. The number of rotatable bonds is 7. The van der Waals surface area contributed by atoms with E-state index in [0.717, 1.165) is 15.4 Å². The fourth-order valence-corrected chi connectivity index (χ4v) is 4.42. The standard InChI is InChI=1S/C24H25N5O7/c30-14-16(13-21(32)33)25-23(35)19-9-4-11-28-20(31)10-12-27(24(36)29(19)28)26-22(34)18-8-3-6-15-5-1-2-7-17(15)18/h1-3,5-8,14,16,19H,4,9-13H2,(H,25,35)(H,26,34)(H,32,33). The van der Waals surface area contributed by atoms with E-state index in [1.54, 1.807) is 24.3 Å². The number of hydrazine groups is 2. The number of fused-ring (bicyclic) bond motifs is 2. The van der Waals surface area contributed by atoms with Crippen molar-refractivity contribution in [3.05, 3.63) is 48.0 Å². The maximum absolute atomic E-state index is 13.5. The Hall–Kier alpha value is -4.48. The second-order valence-corrected chi connectivity index (χ2v) is 8.52. The topological polar surface area (TPSA) is 156 Å². The average Bonchev–Trinajstić information content (AvgIpc) is 2.99. The molecule has 0 spiro atoms. The van der Waals surface area contributed by atoms with Crippen molar-refractivity contribution in [1.82, 2.24) is 25.8 Å². The molecule has 2 aliphatic rings. The molecule has 3 N–H and O–H groups in total. The number of nitrogens with one attached hydrogen (secondary N) is 2. The van der Waals surface area contributed by atoms with Gasteiger partial charge in [0.15, 0.2) is 0 Å². The SMILES string of the molecule is O=CC(CC(=O)O)NC(=O)C1CCCN2C(=O)CCN(NC(=O)c3cccc4ccccc34)C(=O)N12. The van der Waals surface area contributed by atoms with Crippen LogP contribution >= 0.6 is 0 Å². The smallest absolute Gasteiger partial charge is 0.358 e. The fourth-order valence-electron chi connectivity index (χ4n) is 4.42. The molecule has 12 heteroatoms. The van der Waals surface area contributed by atoms with Crippen LogP contribution in [0.4, 0.5) is 4.79 Å². The molecule has 0 radical (unpaired) electrons. The monoisotopic (exact) mass is 495 g/mol. The summed E-state index contributed by atoms with van der Waals surface area (Å²) < 4.78 is 0. The molecule has 0 aromatic heterocycles. The molecule has 36 heavy (non-hydrogen) atoms. The lowest BCUT2D eigenvalue weighted by atomic mass is 10.0. The fraction of sp³-hybridized carbons (Fsp3) is 0.333. The van der Waals surface area contributed by atoms with Crippen molar-refractivity contribution in [1.29, 1.82) is 0 Å². The molecule has 2 saturated heterocycles. The highest BCUT2D eigenvalue weighted by molar-refractivity contribution is 6.07. The first-order valence-electron chi connectivity index (χ1n) is 11.5. The molecule has 2 heterocycles. The van der Waals surface area contributed by atoms with Crippen LogP contribution < -0.4 is 10.7 Å². The number of hydrogen-bond acceptors (Lipinski definition) is 6. The van der Waals surface area contributed by atoms with Gasteiger partial charge in [-0.15, -0.1) is 0 Å². The van der Waals surface area contributed by atoms with E-state index in [0.29, 0.717) is 23.7 Å². The van der Waals surface area contributed by atoms with Gasteiger partial charge in [-0.25, -0.2) is 19.8 Å². The molecule has 5 amide bonds. The first kappa shape index (κ1) is 24.6. The second kappa shape index (κ2) is 10.4. The van der Waals surface area contributed by atoms with E-state index in [2.05, 4.69) is 10.7 Å². The number of carbonyl (C=O) groups is 6. The third-order valence-electron chi connectivity index (χ3n) is 6.13. The predicted molar refractivity (Wildman–Crippen MR) is 125 cm³/mol. The summed E-state index contributed by atoms with van der Waals surface area (Å²) in [5.74, 6) is -3.00. The van der Waals surface area contributed by atoms with Gasteiger partial charge in [0.2, 0.25) is 11.8 Å². The summed E-state index contributed by atoms with van der Waals surface area (Å²) in [5, 5.41) is 16.0. The molecular formula is C24H25N5O7. The number of carboxylic acids is 1. The van der Waals surface area contributed by atoms with Crippen LogP contribution in [0.15, 0.2) is 42.5 Å². The highest BCUT2D eigenvalue weighted by Gasteiger charge is 2.44. The lowest BCUT2D eigenvalue weighted by Crippen LogP contribution is -2.64. The number of carbonyl (C=O) groups excluding carboxylic acids is 5. The van der Waals surface area contributed by atoms with Gasteiger partial charge in [-0.2, -0.15) is 0 Å². The van der Waals surface area contributed by atoms with Crippen LogP contribution in [0.25, 0.3) is 10.8 Å². The molecule has 12 nitrogen and oxygen atoms in total. The molecule has 2 aromatic carbocycles. The highest BCUT2D eigenvalue weighted by atomic mass is 16.4. The average molecular weight is 495 g/mol. The molecule has 2 unspecified atom stereocenters. The van der Waals surface area contributed by atoms with Crippen molar-refractivity contribution in [3.8, 4) is 0 Å². The molecule has 2 aromatic rings. The van der Waals surface area contributed by atoms with Crippen LogP contribution in [0.2, 0.25) is 0 Å². The number of amides is 5. The molecule has 4 rings (SSSR count). The van der Waals surface area contributed by atoms with Crippen LogP contribution in [0.1, 0.15) is 36.0 Å². The quantitative estimate of drug-likeness (QED) is 0.477. The van der Waals surface area contributed by atoms with Gasteiger partial charge in [0.05, 0.1) is 19.0 Å². The third-order valence-corrected chi connectivity index (χ3v) is 6.13. The van der Waals surface area contributed by atoms with Gasteiger partial charge < -0.3 is 15.2 Å². The number of aldehydes is 1. The summed E-state index contributed by atoms with van der Waals surface area (Å²) in [7, 11) is 0. The van der Waals surface area contributed by atoms with Gasteiger partial charge in [-0.3, -0.25) is 24.6 Å². The molecule has 188 valence electrons. The minimum atomic E-state index is -1.29. The maximum Gasteiger partial charge on any atom is 0.358 e. The van der Waals surface area contributed by atoms with Gasteiger partial charge >= 0.3 is 12.0 Å². The van der Waals surface area contributed by atoms with Gasteiger partial charge in [0, 0.05) is 18.5 Å². The Kier molecular flexibility index (Phi) is 7.13. The minimum Gasteiger partial charge on any atom is -0.481 e. The van der Waals surface area contributed by atoms with E-state index in [-0.39, 0.29) is 25.9 Å². The Balaban J connectivity index is 1.57. The van der Waals surface area contributed by atoms with Crippen LogP contribution in [-0.2, 0) is 19.2 Å². The Labute approximate surface area is 205 Å². The molecule has 0 aliphatic carbocycles. The van der Waals surface area contributed by atoms with Crippen molar-refractivity contribution in [3.63, 3.8) is 0 Å². The number of hydrogen-bond donors (Lipinski definition) is 3. The van der Waals surface area contributed by atoms with Gasteiger partial charge in [0.25, 0.3) is 5.91 Å². The summed E-state index contributed by atoms with van der Waals surface area (Å²) in [5.41, 5.74) is 2.90. The summed E-state index contributed by atoms with van der Waals surface area (Å²) in [6, 6.07) is 9.24. The van der Waals surface area contributed by atoms with E-state index in [9.17, 15) is 28.8 Å².